The highest BCUT2D eigenvalue weighted by Crippen LogP contribution is 2.21. The van der Waals surface area contributed by atoms with Crippen LogP contribution < -0.4 is 4.90 Å². The molecular weight excluding hydrogens is 228 g/mol. The van der Waals surface area contributed by atoms with Crippen LogP contribution >= 0.6 is 0 Å². The van der Waals surface area contributed by atoms with Crippen LogP contribution in [-0.4, -0.2) is 23.9 Å². The van der Waals surface area contributed by atoms with Gasteiger partial charge in [-0.25, -0.2) is 4.98 Å². The van der Waals surface area contributed by atoms with E-state index in [0.717, 1.165) is 31.8 Å². The molecule has 0 aliphatic carbocycles. The van der Waals surface area contributed by atoms with Crippen molar-refractivity contribution in [2.45, 2.75) is 38.5 Å². The molecule has 0 radical (unpaired) electrons. The zero-order chi connectivity index (χ0) is 12.8. The Hall–Kier alpha value is -1.58. The van der Waals surface area contributed by atoms with Crippen LogP contribution in [0.25, 0.3) is 0 Å². The number of piperidine rings is 1. The van der Waals surface area contributed by atoms with E-state index < -0.39 is 0 Å². The van der Waals surface area contributed by atoms with Crippen molar-refractivity contribution in [3.8, 4) is 0 Å². The van der Waals surface area contributed by atoms with Gasteiger partial charge in [-0.3, -0.25) is 4.79 Å². The summed E-state index contributed by atoms with van der Waals surface area (Å²) in [5, 5.41) is 0. The van der Waals surface area contributed by atoms with E-state index in [4.69, 9.17) is 4.42 Å². The largest absolute Gasteiger partial charge is 0.417 e. The molecule has 0 spiro atoms. The summed E-state index contributed by atoms with van der Waals surface area (Å²) in [6.45, 7) is 5.64. The molecule has 1 fully saturated rings. The van der Waals surface area contributed by atoms with Crippen LogP contribution in [0.15, 0.2) is 23.3 Å². The fourth-order valence-corrected chi connectivity index (χ4v) is 2.17. The van der Waals surface area contributed by atoms with E-state index in [-0.39, 0.29) is 11.7 Å². The first-order valence-corrected chi connectivity index (χ1v) is 6.66. The molecule has 0 unspecified atom stereocenters. The molecule has 18 heavy (non-hydrogen) atoms. The van der Waals surface area contributed by atoms with Crippen LogP contribution in [0.5, 0.6) is 0 Å². The van der Waals surface area contributed by atoms with Crippen LogP contribution in [-0.2, 0) is 0 Å². The van der Waals surface area contributed by atoms with Crippen LogP contribution in [0.1, 0.15) is 49.2 Å². The Morgan fingerprint density at radius 3 is 2.94 bits per heavy atom. The molecule has 0 N–H and O–H groups in total. The first-order chi connectivity index (χ1) is 8.81. The van der Waals surface area contributed by atoms with Crippen LogP contribution in [0.3, 0.4) is 0 Å². The van der Waals surface area contributed by atoms with Crippen molar-refractivity contribution < 1.29 is 9.21 Å². The highest BCUT2D eigenvalue weighted by molar-refractivity contribution is 5.91. The minimum absolute atomic E-state index is 0.0138. The molecule has 1 aliphatic heterocycles. The molecule has 0 aromatic carbocycles. The Morgan fingerprint density at radius 1 is 1.44 bits per heavy atom. The van der Waals surface area contributed by atoms with Crippen molar-refractivity contribution in [3.05, 3.63) is 24.7 Å². The number of hydrogen-bond donors (Lipinski definition) is 0. The normalized spacial score (nSPS) is 15.7. The molecule has 1 saturated heterocycles. The van der Waals surface area contributed by atoms with E-state index in [1.165, 1.54) is 19.3 Å². The standard InChI is InChI=1S/C14H20N2O2/c1-2-3-5-8-12(17)14-15-11-13(18-14)16-9-6-4-7-10-16/h2,11H,1,3-10H2. The van der Waals surface area contributed by atoms with E-state index in [1.54, 1.807) is 6.20 Å². The molecule has 0 saturated carbocycles. The lowest BCUT2D eigenvalue weighted by Crippen LogP contribution is -2.28. The highest BCUT2D eigenvalue weighted by atomic mass is 16.4. The number of unbranched alkanes of at least 4 members (excludes halogenated alkanes) is 1. The number of anilines is 1. The van der Waals surface area contributed by atoms with Crippen LogP contribution in [0.2, 0.25) is 0 Å². The monoisotopic (exact) mass is 248 g/mol. The quantitative estimate of drug-likeness (QED) is 0.440. The predicted molar refractivity (Wildman–Crippen MR) is 70.9 cm³/mol. The van der Waals surface area contributed by atoms with Crippen molar-refractivity contribution in [1.29, 1.82) is 0 Å². The van der Waals surface area contributed by atoms with Gasteiger partial charge in [0.15, 0.2) is 0 Å². The number of Topliss-reactive ketones (excluding diaryl/α,β-unsaturated/α-hetero) is 1. The summed E-state index contributed by atoms with van der Waals surface area (Å²) in [5.41, 5.74) is 0. The number of ketones is 1. The number of nitrogens with zero attached hydrogens (tertiary/aromatic N) is 2. The number of allylic oxidation sites excluding steroid dienone is 1. The third-order valence-electron chi connectivity index (χ3n) is 3.21. The first kappa shape index (κ1) is 12.9. The van der Waals surface area contributed by atoms with Gasteiger partial charge in [0.05, 0.1) is 6.20 Å². The van der Waals surface area contributed by atoms with Gasteiger partial charge < -0.3 is 9.32 Å². The summed E-state index contributed by atoms with van der Waals surface area (Å²) < 4.78 is 5.56. The molecule has 98 valence electrons. The van der Waals surface area contributed by atoms with E-state index in [0.29, 0.717) is 6.42 Å². The number of carbonyl (C=O) groups is 1. The van der Waals surface area contributed by atoms with Crippen molar-refractivity contribution in [2.75, 3.05) is 18.0 Å². The van der Waals surface area contributed by atoms with E-state index >= 15 is 0 Å². The number of carbonyl (C=O) groups excluding carboxylic acids is 1. The van der Waals surface area contributed by atoms with Gasteiger partial charge in [-0.05, 0) is 32.1 Å². The highest BCUT2D eigenvalue weighted by Gasteiger charge is 2.18. The van der Waals surface area contributed by atoms with Crippen LogP contribution in [0, 0.1) is 0 Å². The topological polar surface area (TPSA) is 46.3 Å². The van der Waals surface area contributed by atoms with Gasteiger partial charge in [0, 0.05) is 19.5 Å². The third kappa shape index (κ3) is 3.22. The van der Waals surface area contributed by atoms with Gasteiger partial charge in [-0.2, -0.15) is 0 Å². The third-order valence-corrected chi connectivity index (χ3v) is 3.21. The average Bonchev–Trinajstić information content (AvgIpc) is 2.89. The Morgan fingerprint density at radius 2 is 2.22 bits per heavy atom. The van der Waals surface area contributed by atoms with Crippen molar-refractivity contribution >= 4 is 11.7 Å². The molecule has 1 aromatic heterocycles. The second-order valence-electron chi connectivity index (χ2n) is 4.66. The van der Waals surface area contributed by atoms with Crippen LogP contribution in [0.4, 0.5) is 5.88 Å². The molecule has 4 nitrogen and oxygen atoms in total. The minimum atomic E-state index is -0.0138. The summed E-state index contributed by atoms with van der Waals surface area (Å²) in [5.74, 6) is 0.974. The summed E-state index contributed by atoms with van der Waals surface area (Å²) in [4.78, 5) is 18.1. The van der Waals surface area contributed by atoms with Gasteiger partial charge in [0.1, 0.15) is 0 Å². The maximum absolute atomic E-state index is 11.8. The van der Waals surface area contributed by atoms with Gasteiger partial charge in [0.2, 0.25) is 11.7 Å². The first-order valence-electron chi connectivity index (χ1n) is 6.66. The molecule has 4 heteroatoms. The zero-order valence-corrected chi connectivity index (χ0v) is 10.7. The Kier molecular flexibility index (Phi) is 4.56. The van der Waals surface area contributed by atoms with Gasteiger partial charge in [0.25, 0.3) is 5.89 Å². The fraction of sp³-hybridized carbons (Fsp3) is 0.571. The SMILES string of the molecule is C=CCCCC(=O)c1ncc(N2CCCCC2)o1. The van der Waals surface area contributed by atoms with Crippen molar-refractivity contribution in [1.82, 2.24) is 4.98 Å². The van der Waals surface area contributed by atoms with Crippen molar-refractivity contribution in [2.24, 2.45) is 0 Å². The smallest absolute Gasteiger partial charge is 0.264 e. The summed E-state index contributed by atoms with van der Waals surface area (Å²) in [6, 6.07) is 0. The molecule has 2 rings (SSSR count). The Labute approximate surface area is 108 Å². The van der Waals surface area contributed by atoms with E-state index in [9.17, 15) is 4.79 Å². The molecular formula is C14H20N2O2. The molecule has 1 aromatic rings. The van der Waals surface area contributed by atoms with Gasteiger partial charge in [-0.1, -0.05) is 6.08 Å². The van der Waals surface area contributed by atoms with E-state index in [2.05, 4.69) is 16.5 Å². The maximum Gasteiger partial charge on any atom is 0.264 e. The summed E-state index contributed by atoms with van der Waals surface area (Å²) >= 11 is 0. The predicted octanol–water partition coefficient (Wildman–Crippen LogP) is 3.20. The second kappa shape index (κ2) is 6.38. The van der Waals surface area contributed by atoms with Crippen molar-refractivity contribution in [3.63, 3.8) is 0 Å². The lowest BCUT2D eigenvalue weighted by Gasteiger charge is -2.25. The lowest BCUT2D eigenvalue weighted by molar-refractivity contribution is 0.0947. The second-order valence-corrected chi connectivity index (χ2v) is 4.66. The number of aromatic nitrogens is 1. The molecule has 0 bridgehead atoms. The maximum atomic E-state index is 11.8. The molecule has 2 heterocycles. The number of hydrogen-bond acceptors (Lipinski definition) is 4. The van der Waals surface area contributed by atoms with Gasteiger partial charge in [-0.15, -0.1) is 6.58 Å². The average molecular weight is 248 g/mol. The molecule has 0 amide bonds. The number of oxazole rings is 1. The summed E-state index contributed by atoms with van der Waals surface area (Å²) in [7, 11) is 0. The minimum Gasteiger partial charge on any atom is -0.417 e. The summed E-state index contributed by atoms with van der Waals surface area (Å²) in [6.07, 6.45) is 9.28. The zero-order valence-electron chi connectivity index (χ0n) is 10.7. The Balaban J connectivity index is 1.92. The lowest BCUT2D eigenvalue weighted by atomic mass is 10.1. The van der Waals surface area contributed by atoms with Gasteiger partial charge >= 0.3 is 0 Å². The fourth-order valence-electron chi connectivity index (χ4n) is 2.17. The molecule has 1 aliphatic rings. The number of rotatable bonds is 6. The molecule has 0 atom stereocenters. The Bertz CT molecular complexity index is 406. The van der Waals surface area contributed by atoms with E-state index in [1.807, 2.05) is 6.08 Å².